The van der Waals surface area contributed by atoms with Crippen LogP contribution in [-0.2, 0) is 19.1 Å². The van der Waals surface area contributed by atoms with E-state index in [-0.39, 0.29) is 30.7 Å². The SMILES string of the molecule is CCCOC(=O)CC1C(=O)NCCN1CC(=O)Nc1cccc(C(=O)NCC)c1. The number of hydrogen-bond acceptors (Lipinski definition) is 6. The summed E-state index contributed by atoms with van der Waals surface area (Å²) >= 11 is 0. The van der Waals surface area contributed by atoms with Crippen molar-refractivity contribution in [3.63, 3.8) is 0 Å². The highest BCUT2D eigenvalue weighted by Crippen LogP contribution is 2.13. The molecule has 1 aliphatic rings. The summed E-state index contributed by atoms with van der Waals surface area (Å²) < 4.78 is 5.06. The van der Waals surface area contributed by atoms with E-state index in [4.69, 9.17) is 4.74 Å². The molecule has 158 valence electrons. The molecule has 2 rings (SSSR count). The van der Waals surface area contributed by atoms with Gasteiger partial charge < -0.3 is 20.7 Å². The van der Waals surface area contributed by atoms with Crippen molar-refractivity contribution < 1.29 is 23.9 Å². The van der Waals surface area contributed by atoms with Gasteiger partial charge in [-0.05, 0) is 31.5 Å². The third-order valence-corrected chi connectivity index (χ3v) is 4.36. The normalized spacial score (nSPS) is 16.6. The fourth-order valence-electron chi connectivity index (χ4n) is 2.99. The quantitative estimate of drug-likeness (QED) is 0.517. The summed E-state index contributed by atoms with van der Waals surface area (Å²) in [5.41, 5.74) is 0.928. The zero-order valence-electron chi connectivity index (χ0n) is 16.8. The number of nitrogens with one attached hydrogen (secondary N) is 3. The number of hydrogen-bond donors (Lipinski definition) is 3. The lowest BCUT2D eigenvalue weighted by atomic mass is 10.1. The van der Waals surface area contributed by atoms with Gasteiger partial charge >= 0.3 is 5.97 Å². The maximum Gasteiger partial charge on any atom is 0.307 e. The van der Waals surface area contributed by atoms with Crippen LogP contribution in [0.1, 0.15) is 37.0 Å². The Morgan fingerprint density at radius 3 is 2.79 bits per heavy atom. The second kappa shape index (κ2) is 11.2. The molecule has 1 unspecified atom stereocenters. The monoisotopic (exact) mass is 404 g/mol. The number of benzene rings is 1. The third-order valence-electron chi connectivity index (χ3n) is 4.36. The van der Waals surface area contributed by atoms with Gasteiger partial charge in [-0.2, -0.15) is 0 Å². The molecule has 9 nitrogen and oxygen atoms in total. The van der Waals surface area contributed by atoms with Gasteiger partial charge in [0, 0.05) is 30.9 Å². The Morgan fingerprint density at radius 2 is 2.07 bits per heavy atom. The summed E-state index contributed by atoms with van der Waals surface area (Å²) in [5.74, 6) is -1.31. The summed E-state index contributed by atoms with van der Waals surface area (Å²) in [6.45, 7) is 5.32. The van der Waals surface area contributed by atoms with E-state index in [0.717, 1.165) is 0 Å². The minimum Gasteiger partial charge on any atom is -0.466 e. The van der Waals surface area contributed by atoms with Crippen molar-refractivity contribution in [2.75, 3.05) is 38.1 Å². The summed E-state index contributed by atoms with van der Waals surface area (Å²) in [7, 11) is 0. The predicted molar refractivity (Wildman–Crippen MR) is 107 cm³/mol. The molecule has 3 amide bonds. The molecule has 0 radical (unpaired) electrons. The van der Waals surface area contributed by atoms with E-state index in [1.54, 1.807) is 29.2 Å². The Labute approximate surface area is 170 Å². The molecule has 1 saturated heterocycles. The van der Waals surface area contributed by atoms with Crippen molar-refractivity contribution in [2.24, 2.45) is 0 Å². The molecule has 29 heavy (non-hydrogen) atoms. The van der Waals surface area contributed by atoms with Gasteiger partial charge in [-0.3, -0.25) is 24.1 Å². The first-order chi connectivity index (χ1) is 13.9. The van der Waals surface area contributed by atoms with Crippen LogP contribution < -0.4 is 16.0 Å². The lowest BCUT2D eigenvalue weighted by molar-refractivity contribution is -0.148. The Balaban J connectivity index is 1.98. The maximum atomic E-state index is 12.5. The van der Waals surface area contributed by atoms with E-state index in [0.29, 0.717) is 43.9 Å². The van der Waals surface area contributed by atoms with Crippen molar-refractivity contribution in [1.82, 2.24) is 15.5 Å². The average molecular weight is 404 g/mol. The highest BCUT2D eigenvalue weighted by molar-refractivity contribution is 5.98. The molecule has 9 heteroatoms. The zero-order chi connectivity index (χ0) is 21.2. The van der Waals surface area contributed by atoms with Crippen molar-refractivity contribution in [3.05, 3.63) is 29.8 Å². The number of anilines is 1. The summed E-state index contributed by atoms with van der Waals surface area (Å²) in [6.07, 6.45) is 0.593. The molecule has 0 spiro atoms. The first-order valence-corrected chi connectivity index (χ1v) is 9.80. The van der Waals surface area contributed by atoms with Gasteiger partial charge in [-0.1, -0.05) is 13.0 Å². The zero-order valence-corrected chi connectivity index (χ0v) is 16.8. The van der Waals surface area contributed by atoms with Crippen LogP contribution in [0.15, 0.2) is 24.3 Å². The Morgan fingerprint density at radius 1 is 1.28 bits per heavy atom. The Bertz CT molecular complexity index is 752. The fourth-order valence-corrected chi connectivity index (χ4v) is 2.99. The topological polar surface area (TPSA) is 117 Å². The van der Waals surface area contributed by atoms with Gasteiger partial charge in [-0.15, -0.1) is 0 Å². The fraction of sp³-hybridized carbons (Fsp3) is 0.500. The predicted octanol–water partition coefficient (Wildman–Crippen LogP) is 0.519. The molecule has 1 aromatic rings. The lowest BCUT2D eigenvalue weighted by Gasteiger charge is -2.33. The molecule has 1 heterocycles. The van der Waals surface area contributed by atoms with Crippen LogP contribution in [0, 0.1) is 0 Å². The summed E-state index contributed by atoms with van der Waals surface area (Å²) in [6, 6.07) is 5.86. The highest BCUT2D eigenvalue weighted by Gasteiger charge is 2.33. The van der Waals surface area contributed by atoms with E-state index in [9.17, 15) is 19.2 Å². The van der Waals surface area contributed by atoms with Crippen molar-refractivity contribution >= 4 is 29.4 Å². The highest BCUT2D eigenvalue weighted by atomic mass is 16.5. The number of esters is 1. The van der Waals surface area contributed by atoms with E-state index in [1.165, 1.54) is 0 Å². The first kappa shape index (κ1) is 22.4. The molecule has 0 aliphatic carbocycles. The molecular weight excluding hydrogens is 376 g/mol. The number of piperazine rings is 1. The molecule has 1 fully saturated rings. The second-order valence-electron chi connectivity index (χ2n) is 6.69. The van der Waals surface area contributed by atoms with Crippen LogP contribution in [0.5, 0.6) is 0 Å². The van der Waals surface area contributed by atoms with Crippen LogP contribution in [-0.4, -0.2) is 67.4 Å². The van der Waals surface area contributed by atoms with E-state index in [2.05, 4.69) is 16.0 Å². The molecule has 0 saturated carbocycles. The second-order valence-corrected chi connectivity index (χ2v) is 6.69. The Kier molecular flexibility index (Phi) is 8.60. The van der Waals surface area contributed by atoms with Crippen LogP contribution in [0.4, 0.5) is 5.69 Å². The summed E-state index contributed by atoms with van der Waals surface area (Å²) in [4.78, 5) is 50.2. The van der Waals surface area contributed by atoms with Gasteiger partial charge in [0.2, 0.25) is 11.8 Å². The molecule has 1 aliphatic heterocycles. The number of nitrogens with zero attached hydrogens (tertiary/aromatic N) is 1. The number of carbonyl (C=O) groups is 4. The van der Waals surface area contributed by atoms with Gasteiger partial charge in [0.05, 0.1) is 19.6 Å². The van der Waals surface area contributed by atoms with Gasteiger partial charge in [0.1, 0.15) is 6.04 Å². The van der Waals surface area contributed by atoms with Gasteiger partial charge in [0.15, 0.2) is 0 Å². The number of amides is 3. The summed E-state index contributed by atoms with van der Waals surface area (Å²) in [5, 5.41) is 8.16. The van der Waals surface area contributed by atoms with Gasteiger partial charge in [0.25, 0.3) is 5.91 Å². The van der Waals surface area contributed by atoms with Crippen molar-refractivity contribution in [1.29, 1.82) is 0 Å². The van der Waals surface area contributed by atoms with Gasteiger partial charge in [-0.25, -0.2) is 0 Å². The lowest BCUT2D eigenvalue weighted by Crippen LogP contribution is -2.57. The van der Waals surface area contributed by atoms with Crippen LogP contribution >= 0.6 is 0 Å². The third kappa shape index (κ3) is 6.86. The average Bonchev–Trinajstić information content (AvgIpc) is 2.69. The molecule has 3 N–H and O–H groups in total. The van der Waals surface area contributed by atoms with Crippen LogP contribution in [0.2, 0.25) is 0 Å². The minimum absolute atomic E-state index is 0.0511. The van der Waals surface area contributed by atoms with Crippen LogP contribution in [0.3, 0.4) is 0 Å². The smallest absolute Gasteiger partial charge is 0.307 e. The Hall–Kier alpha value is -2.94. The van der Waals surface area contributed by atoms with Crippen molar-refractivity contribution in [3.8, 4) is 0 Å². The van der Waals surface area contributed by atoms with Crippen LogP contribution in [0.25, 0.3) is 0 Å². The number of rotatable bonds is 9. The molecule has 0 aromatic heterocycles. The molecule has 1 atom stereocenters. The maximum absolute atomic E-state index is 12.5. The van der Waals surface area contributed by atoms with Crippen molar-refractivity contribution in [2.45, 2.75) is 32.7 Å². The number of ether oxygens (including phenoxy) is 1. The largest absolute Gasteiger partial charge is 0.466 e. The van der Waals surface area contributed by atoms with E-state index in [1.807, 2.05) is 13.8 Å². The minimum atomic E-state index is -0.750. The van der Waals surface area contributed by atoms with E-state index < -0.39 is 12.0 Å². The first-order valence-electron chi connectivity index (χ1n) is 9.80. The molecule has 0 bridgehead atoms. The van der Waals surface area contributed by atoms with E-state index >= 15 is 0 Å². The standard InChI is InChI=1S/C20H28N4O5/c1-3-10-29-18(26)12-16-20(28)22-8-9-24(16)13-17(25)23-15-7-5-6-14(11-15)19(27)21-4-2/h5-7,11,16H,3-4,8-10,12-13H2,1-2H3,(H,21,27)(H,22,28)(H,23,25). The number of carbonyl (C=O) groups excluding carboxylic acids is 4. The molecular formula is C20H28N4O5. The molecule has 1 aromatic carbocycles.